The highest BCUT2D eigenvalue weighted by Gasteiger charge is 2.32. The van der Waals surface area contributed by atoms with Gasteiger partial charge in [0, 0.05) is 25.0 Å². The Balaban J connectivity index is 1.98. The molecule has 0 saturated carbocycles. The van der Waals surface area contributed by atoms with Crippen LogP contribution in [0.3, 0.4) is 0 Å². The highest BCUT2D eigenvalue weighted by atomic mass is 32.2. The first-order valence-corrected chi connectivity index (χ1v) is 12.8. The van der Waals surface area contributed by atoms with Crippen molar-refractivity contribution in [3.63, 3.8) is 0 Å². The molecule has 2 aromatic carbocycles. The van der Waals surface area contributed by atoms with Gasteiger partial charge >= 0.3 is 0 Å². The lowest BCUT2D eigenvalue weighted by Crippen LogP contribution is -2.32. The van der Waals surface area contributed by atoms with Crippen LogP contribution >= 0.6 is 0 Å². The summed E-state index contributed by atoms with van der Waals surface area (Å²) in [5.41, 5.74) is 0.341. The Bertz CT molecular complexity index is 1290. The summed E-state index contributed by atoms with van der Waals surface area (Å²) in [7, 11) is -3.92. The van der Waals surface area contributed by atoms with Crippen molar-refractivity contribution in [3.8, 4) is 17.2 Å². The molecule has 1 atom stereocenters. The number of hydrogen-bond acceptors (Lipinski definition) is 8. The van der Waals surface area contributed by atoms with E-state index >= 15 is 0 Å². The van der Waals surface area contributed by atoms with Crippen LogP contribution < -0.4 is 18.9 Å². The number of nitrogens with zero attached hydrogens (tertiary/aromatic N) is 1. The molecule has 176 valence electrons. The predicted molar refractivity (Wildman–Crippen MR) is 122 cm³/mol. The molecule has 0 unspecified atom stereocenters. The van der Waals surface area contributed by atoms with E-state index in [1.165, 1.54) is 70.1 Å². The van der Waals surface area contributed by atoms with Crippen molar-refractivity contribution in [2.45, 2.75) is 15.0 Å². The fourth-order valence-electron chi connectivity index (χ4n) is 3.16. The van der Waals surface area contributed by atoms with Gasteiger partial charge in [0.2, 0.25) is 10.0 Å². The van der Waals surface area contributed by atoms with Gasteiger partial charge in [-0.2, -0.15) is 0 Å². The molecule has 33 heavy (non-hydrogen) atoms. The SMILES string of the molecule is COc1ccc(S(=O)(=O)[C@@H](CNS(=O)(=O)c2cc(OC)ccc2OC)c2cccnc2)cc1. The van der Waals surface area contributed by atoms with Crippen LogP contribution in [0, 0.1) is 0 Å². The molecule has 9 nitrogen and oxygen atoms in total. The molecule has 0 radical (unpaired) electrons. The number of sulfonamides is 1. The molecule has 0 fully saturated rings. The van der Waals surface area contributed by atoms with Gasteiger partial charge in [0.15, 0.2) is 9.84 Å². The van der Waals surface area contributed by atoms with E-state index in [4.69, 9.17) is 14.2 Å². The maximum Gasteiger partial charge on any atom is 0.244 e. The van der Waals surface area contributed by atoms with Crippen molar-refractivity contribution >= 4 is 19.9 Å². The van der Waals surface area contributed by atoms with E-state index in [9.17, 15) is 16.8 Å². The topological polar surface area (TPSA) is 121 Å². The molecule has 11 heteroatoms. The smallest absolute Gasteiger partial charge is 0.244 e. The van der Waals surface area contributed by atoms with Gasteiger partial charge in [-0.3, -0.25) is 4.98 Å². The van der Waals surface area contributed by atoms with Gasteiger partial charge in [-0.05, 0) is 48.0 Å². The average Bonchev–Trinajstić information content (AvgIpc) is 2.84. The van der Waals surface area contributed by atoms with E-state index in [-0.39, 0.29) is 15.5 Å². The van der Waals surface area contributed by atoms with Crippen LogP contribution in [0.4, 0.5) is 0 Å². The van der Waals surface area contributed by atoms with E-state index in [0.717, 1.165) is 0 Å². The predicted octanol–water partition coefficient (Wildman–Crippen LogP) is 2.60. The Morgan fingerprint density at radius 2 is 1.55 bits per heavy atom. The number of ether oxygens (including phenoxy) is 3. The third kappa shape index (κ3) is 5.44. The summed E-state index contributed by atoms with van der Waals surface area (Å²) in [4.78, 5) is 3.85. The molecule has 0 spiro atoms. The van der Waals surface area contributed by atoms with Crippen molar-refractivity contribution in [1.29, 1.82) is 0 Å². The zero-order valence-corrected chi connectivity index (χ0v) is 19.9. The first-order chi connectivity index (χ1) is 15.7. The fourth-order valence-corrected chi connectivity index (χ4v) is 6.14. The standard InChI is InChI=1S/C22H24N2O7S2/c1-29-17-6-9-19(10-7-17)32(25,26)22(16-5-4-12-23-14-16)15-24-33(27,28)21-13-18(30-2)8-11-20(21)31-3/h4-14,22,24H,15H2,1-3H3/t22-/m0/s1. The lowest BCUT2D eigenvalue weighted by Gasteiger charge is -2.19. The van der Waals surface area contributed by atoms with Crippen LogP contribution in [-0.4, -0.2) is 49.7 Å². The maximum absolute atomic E-state index is 13.5. The molecule has 3 aromatic rings. The van der Waals surface area contributed by atoms with E-state index in [2.05, 4.69) is 9.71 Å². The summed E-state index contributed by atoms with van der Waals surface area (Å²) < 4.78 is 70.9. The van der Waals surface area contributed by atoms with Crippen LogP contribution in [0.2, 0.25) is 0 Å². The van der Waals surface area contributed by atoms with Crippen LogP contribution in [0.15, 0.2) is 76.8 Å². The number of benzene rings is 2. The van der Waals surface area contributed by atoms with Crippen LogP contribution in [0.5, 0.6) is 17.2 Å². The third-order valence-electron chi connectivity index (χ3n) is 4.94. The Hall–Kier alpha value is -3.15. The summed E-state index contributed by atoms with van der Waals surface area (Å²) in [6.07, 6.45) is 2.90. The number of rotatable bonds is 10. The maximum atomic E-state index is 13.5. The van der Waals surface area contributed by atoms with Crippen molar-refractivity contribution < 1.29 is 31.0 Å². The lowest BCUT2D eigenvalue weighted by molar-refractivity contribution is 0.392. The van der Waals surface area contributed by atoms with Crippen LogP contribution in [0.1, 0.15) is 10.8 Å². The van der Waals surface area contributed by atoms with Crippen molar-refractivity contribution in [1.82, 2.24) is 9.71 Å². The monoisotopic (exact) mass is 492 g/mol. The number of nitrogens with one attached hydrogen (secondary N) is 1. The second-order valence-electron chi connectivity index (χ2n) is 6.86. The summed E-state index contributed by atoms with van der Waals surface area (Å²) in [6, 6.07) is 13.4. The van der Waals surface area contributed by atoms with Gasteiger partial charge < -0.3 is 14.2 Å². The Morgan fingerprint density at radius 3 is 2.12 bits per heavy atom. The van der Waals surface area contributed by atoms with Gasteiger partial charge in [-0.1, -0.05) is 6.07 Å². The van der Waals surface area contributed by atoms with E-state index < -0.39 is 31.7 Å². The van der Waals surface area contributed by atoms with Gasteiger partial charge in [-0.15, -0.1) is 0 Å². The van der Waals surface area contributed by atoms with Gasteiger partial charge in [0.25, 0.3) is 0 Å². The largest absolute Gasteiger partial charge is 0.497 e. The minimum atomic E-state index is -4.15. The molecule has 0 saturated heterocycles. The summed E-state index contributed by atoms with van der Waals surface area (Å²) in [5.74, 6) is 0.905. The molecule has 0 aliphatic rings. The Labute approximate surface area is 193 Å². The van der Waals surface area contributed by atoms with E-state index in [0.29, 0.717) is 17.1 Å². The summed E-state index contributed by atoms with van der Waals surface area (Å²) >= 11 is 0. The molecule has 1 aromatic heterocycles. The Morgan fingerprint density at radius 1 is 0.879 bits per heavy atom. The van der Waals surface area contributed by atoms with Gasteiger partial charge in [0.1, 0.15) is 27.4 Å². The quantitative estimate of drug-likeness (QED) is 0.458. The fraction of sp³-hybridized carbons (Fsp3) is 0.227. The van der Waals surface area contributed by atoms with Crippen LogP contribution in [0.25, 0.3) is 0 Å². The molecule has 1 heterocycles. The molecule has 3 rings (SSSR count). The first-order valence-electron chi connectivity index (χ1n) is 9.72. The van der Waals surface area contributed by atoms with E-state index in [1.54, 1.807) is 18.2 Å². The lowest BCUT2D eigenvalue weighted by atomic mass is 10.2. The van der Waals surface area contributed by atoms with Gasteiger partial charge in [-0.25, -0.2) is 21.6 Å². The zero-order chi connectivity index (χ0) is 24.1. The number of methoxy groups -OCH3 is 3. The molecule has 1 N–H and O–H groups in total. The first kappa shape index (κ1) is 24.5. The second-order valence-corrected chi connectivity index (χ2v) is 10.7. The highest BCUT2D eigenvalue weighted by molar-refractivity contribution is 7.92. The molecular weight excluding hydrogens is 468 g/mol. The summed E-state index contributed by atoms with van der Waals surface area (Å²) in [5, 5.41) is -1.23. The normalized spacial score (nSPS) is 12.7. The number of aromatic nitrogens is 1. The molecule has 0 bridgehead atoms. The number of sulfone groups is 1. The van der Waals surface area contributed by atoms with Crippen molar-refractivity contribution in [2.75, 3.05) is 27.9 Å². The minimum Gasteiger partial charge on any atom is -0.497 e. The zero-order valence-electron chi connectivity index (χ0n) is 18.3. The highest BCUT2D eigenvalue weighted by Crippen LogP contribution is 2.31. The van der Waals surface area contributed by atoms with Crippen LogP contribution in [-0.2, 0) is 19.9 Å². The average molecular weight is 493 g/mol. The summed E-state index contributed by atoms with van der Waals surface area (Å²) in [6.45, 7) is -0.428. The second kappa shape index (κ2) is 10.2. The molecule has 0 aliphatic carbocycles. The van der Waals surface area contributed by atoms with Crippen molar-refractivity contribution in [3.05, 3.63) is 72.6 Å². The minimum absolute atomic E-state index is 0.0234. The number of hydrogen-bond donors (Lipinski definition) is 1. The van der Waals surface area contributed by atoms with Crippen molar-refractivity contribution in [2.24, 2.45) is 0 Å². The van der Waals surface area contributed by atoms with E-state index in [1.807, 2.05) is 0 Å². The Kier molecular flexibility index (Phi) is 7.57. The third-order valence-corrected chi connectivity index (χ3v) is 8.50. The molecule has 0 aliphatic heterocycles. The molecule has 0 amide bonds. The van der Waals surface area contributed by atoms with Gasteiger partial charge in [0.05, 0.1) is 26.2 Å². The number of pyridine rings is 1. The molecular formula is C22H24N2O7S2.